The highest BCUT2D eigenvalue weighted by molar-refractivity contribution is 9.10. The second-order valence-electron chi connectivity index (χ2n) is 4.58. The predicted molar refractivity (Wildman–Crippen MR) is 83.2 cm³/mol. The molecule has 1 heterocycles. The van der Waals surface area contributed by atoms with Crippen LogP contribution >= 0.6 is 15.9 Å². The van der Waals surface area contributed by atoms with Gasteiger partial charge in [0.2, 0.25) is 0 Å². The summed E-state index contributed by atoms with van der Waals surface area (Å²) in [6.45, 7) is 2.17. The number of nitrogens with one attached hydrogen (secondary N) is 3. The zero-order valence-corrected chi connectivity index (χ0v) is 13.9. The first-order valence-electron chi connectivity index (χ1n) is 6.14. The number of aryl methyl sites for hydroxylation is 1. The molecule has 114 valence electrons. The summed E-state index contributed by atoms with van der Waals surface area (Å²) in [7, 11) is -1.94. The van der Waals surface area contributed by atoms with Crippen molar-refractivity contribution in [2.24, 2.45) is 0 Å². The third-order valence-corrected chi connectivity index (χ3v) is 4.86. The molecule has 2 rings (SSSR count). The number of rotatable bonds is 5. The monoisotopic (exact) mass is 375 g/mol. The molecule has 0 aliphatic rings. The van der Waals surface area contributed by atoms with Crippen molar-refractivity contribution in [3.8, 4) is 0 Å². The Labute approximate surface area is 131 Å². The third-order valence-electron chi connectivity index (χ3n) is 2.91. The Morgan fingerprint density at radius 3 is 2.71 bits per heavy atom. The molecule has 2 aromatic rings. The quantitative estimate of drug-likeness (QED) is 0.751. The molecule has 3 N–H and O–H groups in total. The summed E-state index contributed by atoms with van der Waals surface area (Å²) < 4.78 is 40.6. The number of H-pyrrole nitrogens is 1. The maximum Gasteiger partial charge on any atom is 0.263 e. The lowest BCUT2D eigenvalue weighted by molar-refractivity contribution is 0.601. The number of hydrogen-bond acceptors (Lipinski definition) is 3. The van der Waals surface area contributed by atoms with E-state index in [2.05, 4.69) is 31.0 Å². The molecule has 0 saturated carbocycles. The number of benzene rings is 1. The largest absolute Gasteiger partial charge is 0.363 e. The smallest absolute Gasteiger partial charge is 0.263 e. The Hall–Kier alpha value is -1.38. The summed E-state index contributed by atoms with van der Waals surface area (Å²) in [4.78, 5) is 3.01. The summed E-state index contributed by atoms with van der Waals surface area (Å²) in [6, 6.07) is 4.22. The van der Waals surface area contributed by atoms with Gasteiger partial charge in [-0.15, -0.1) is 0 Å². The molecule has 0 bridgehead atoms. The standard InChI is InChI=1S/C13H15BrFN3O2S/c1-8-3-12(15)11(14)5-13(8)18-21(19,20)10-4-9(6-16-2)17-7-10/h3-5,7,16-18H,6H2,1-2H3. The number of halogens is 2. The van der Waals surface area contributed by atoms with Gasteiger partial charge in [0.05, 0.1) is 10.2 Å². The van der Waals surface area contributed by atoms with Crippen molar-refractivity contribution in [1.29, 1.82) is 0 Å². The topological polar surface area (TPSA) is 74.0 Å². The van der Waals surface area contributed by atoms with Gasteiger partial charge in [0.1, 0.15) is 10.7 Å². The first-order valence-corrected chi connectivity index (χ1v) is 8.41. The summed E-state index contributed by atoms with van der Waals surface area (Å²) in [5.41, 5.74) is 1.60. The number of anilines is 1. The lowest BCUT2D eigenvalue weighted by Gasteiger charge is -2.10. The maximum absolute atomic E-state index is 13.4. The first-order chi connectivity index (χ1) is 9.83. The Kier molecular flexibility index (Phi) is 4.70. The molecule has 0 amide bonds. The molecule has 0 radical (unpaired) electrons. The van der Waals surface area contributed by atoms with Crippen molar-refractivity contribution in [2.45, 2.75) is 18.4 Å². The van der Waals surface area contributed by atoms with Crippen molar-refractivity contribution >= 4 is 31.6 Å². The molecule has 21 heavy (non-hydrogen) atoms. The van der Waals surface area contributed by atoms with Crippen LogP contribution in [0.15, 0.2) is 33.8 Å². The van der Waals surface area contributed by atoms with E-state index in [1.54, 1.807) is 20.0 Å². The Balaban J connectivity index is 2.30. The highest BCUT2D eigenvalue weighted by Crippen LogP contribution is 2.26. The molecular weight excluding hydrogens is 361 g/mol. The van der Waals surface area contributed by atoms with Crippen LogP contribution in [0.2, 0.25) is 0 Å². The van der Waals surface area contributed by atoms with E-state index >= 15 is 0 Å². The lowest BCUT2D eigenvalue weighted by Crippen LogP contribution is -2.13. The molecule has 0 saturated heterocycles. The molecule has 8 heteroatoms. The summed E-state index contributed by atoms with van der Waals surface area (Å²) in [5.74, 6) is -0.437. The van der Waals surface area contributed by atoms with Gasteiger partial charge in [-0.3, -0.25) is 4.72 Å². The first kappa shape index (κ1) is 16.0. The van der Waals surface area contributed by atoms with E-state index in [0.29, 0.717) is 17.8 Å². The minimum atomic E-state index is -3.72. The zero-order valence-electron chi connectivity index (χ0n) is 11.5. The van der Waals surface area contributed by atoms with Gasteiger partial charge in [-0.1, -0.05) is 0 Å². The van der Waals surface area contributed by atoms with E-state index in [-0.39, 0.29) is 9.37 Å². The number of aromatic amines is 1. The van der Waals surface area contributed by atoms with Crippen LogP contribution in [0.1, 0.15) is 11.3 Å². The fraction of sp³-hybridized carbons (Fsp3) is 0.231. The van der Waals surface area contributed by atoms with Crippen molar-refractivity contribution < 1.29 is 12.8 Å². The van der Waals surface area contributed by atoms with E-state index < -0.39 is 15.8 Å². The molecule has 1 aromatic heterocycles. The van der Waals surface area contributed by atoms with Crippen LogP contribution in [0.4, 0.5) is 10.1 Å². The highest BCUT2D eigenvalue weighted by atomic mass is 79.9. The van der Waals surface area contributed by atoms with Crippen LogP contribution in [0.3, 0.4) is 0 Å². The van der Waals surface area contributed by atoms with Gasteiger partial charge in [-0.05, 0) is 53.7 Å². The minimum Gasteiger partial charge on any atom is -0.363 e. The number of aromatic nitrogens is 1. The van der Waals surface area contributed by atoms with E-state index in [4.69, 9.17) is 0 Å². The summed E-state index contributed by atoms with van der Waals surface area (Å²) >= 11 is 3.04. The molecule has 0 atom stereocenters. The average molecular weight is 376 g/mol. The van der Waals surface area contributed by atoms with E-state index in [9.17, 15) is 12.8 Å². The molecule has 0 spiro atoms. The van der Waals surface area contributed by atoms with Gasteiger partial charge in [-0.25, -0.2) is 12.8 Å². The fourth-order valence-corrected chi connectivity index (χ4v) is 3.31. The SMILES string of the molecule is CNCc1cc(S(=O)(=O)Nc2cc(Br)c(F)cc2C)c[nH]1. The molecule has 0 unspecified atom stereocenters. The second kappa shape index (κ2) is 6.17. The Morgan fingerprint density at radius 1 is 1.33 bits per heavy atom. The van der Waals surface area contributed by atoms with Gasteiger partial charge >= 0.3 is 0 Å². The van der Waals surface area contributed by atoms with Gasteiger partial charge in [-0.2, -0.15) is 0 Å². The van der Waals surface area contributed by atoms with Crippen molar-refractivity contribution in [2.75, 3.05) is 11.8 Å². The van der Waals surface area contributed by atoms with Gasteiger partial charge < -0.3 is 10.3 Å². The zero-order chi connectivity index (χ0) is 15.6. The van der Waals surface area contributed by atoms with E-state index in [1.807, 2.05) is 0 Å². The minimum absolute atomic E-state index is 0.132. The van der Waals surface area contributed by atoms with Crippen LogP contribution < -0.4 is 10.0 Å². The molecule has 0 aliphatic carbocycles. The van der Waals surface area contributed by atoms with Crippen LogP contribution in [-0.4, -0.2) is 20.4 Å². The van der Waals surface area contributed by atoms with Crippen LogP contribution in [-0.2, 0) is 16.6 Å². The fourth-order valence-electron chi connectivity index (χ4n) is 1.83. The van der Waals surface area contributed by atoms with Crippen LogP contribution in [0.5, 0.6) is 0 Å². The van der Waals surface area contributed by atoms with E-state index in [0.717, 1.165) is 5.69 Å². The maximum atomic E-state index is 13.4. The van der Waals surface area contributed by atoms with Crippen molar-refractivity contribution in [3.63, 3.8) is 0 Å². The average Bonchev–Trinajstić information content (AvgIpc) is 2.86. The lowest BCUT2D eigenvalue weighted by atomic mass is 10.2. The van der Waals surface area contributed by atoms with Gasteiger partial charge in [0.25, 0.3) is 10.0 Å². The number of sulfonamides is 1. The van der Waals surface area contributed by atoms with Crippen LogP contribution in [0, 0.1) is 12.7 Å². The third kappa shape index (κ3) is 3.63. The Morgan fingerprint density at radius 2 is 2.05 bits per heavy atom. The van der Waals surface area contributed by atoms with Gasteiger partial charge in [0, 0.05) is 18.4 Å². The number of hydrogen-bond donors (Lipinski definition) is 3. The molecule has 5 nitrogen and oxygen atoms in total. The van der Waals surface area contributed by atoms with Crippen LogP contribution in [0.25, 0.3) is 0 Å². The molecule has 0 aliphatic heterocycles. The molecular formula is C13H15BrFN3O2S. The summed E-state index contributed by atoms with van der Waals surface area (Å²) in [6.07, 6.45) is 1.42. The Bertz CT molecular complexity index is 759. The normalized spacial score (nSPS) is 11.6. The second-order valence-corrected chi connectivity index (χ2v) is 7.11. The summed E-state index contributed by atoms with van der Waals surface area (Å²) in [5, 5.41) is 2.93. The molecule has 1 aromatic carbocycles. The predicted octanol–water partition coefficient (Wildman–Crippen LogP) is 2.74. The van der Waals surface area contributed by atoms with Crippen molar-refractivity contribution in [3.05, 3.63) is 45.9 Å². The highest BCUT2D eigenvalue weighted by Gasteiger charge is 2.18. The molecule has 0 fully saturated rings. The van der Waals surface area contributed by atoms with E-state index in [1.165, 1.54) is 18.3 Å². The van der Waals surface area contributed by atoms with Crippen molar-refractivity contribution in [1.82, 2.24) is 10.3 Å². The van der Waals surface area contributed by atoms with Gasteiger partial charge in [0.15, 0.2) is 0 Å².